The van der Waals surface area contributed by atoms with Gasteiger partial charge in [0.2, 0.25) is 6.34 Å². The molecule has 26 heavy (non-hydrogen) atoms. The lowest BCUT2D eigenvalue weighted by Gasteiger charge is -2.55. The van der Waals surface area contributed by atoms with Gasteiger partial charge >= 0.3 is 0 Å². The molecule has 4 aliphatic carbocycles. The number of para-hydroxylation sites is 1. The van der Waals surface area contributed by atoms with E-state index in [9.17, 15) is 0 Å². The molecule has 142 valence electrons. The normalized spacial score (nSPS) is 35.0. The van der Waals surface area contributed by atoms with Gasteiger partial charge in [0, 0.05) is 5.56 Å². The van der Waals surface area contributed by atoms with Gasteiger partial charge in [0.25, 0.3) is 0 Å². The van der Waals surface area contributed by atoms with E-state index in [1.165, 1.54) is 61.9 Å². The first-order chi connectivity index (χ1) is 12.0. The average Bonchev–Trinajstić information content (AvgIpc) is 3.03. The molecule has 0 saturated heterocycles. The van der Waals surface area contributed by atoms with E-state index in [1.54, 1.807) is 0 Å². The van der Waals surface area contributed by atoms with Crippen molar-refractivity contribution in [2.45, 2.75) is 70.8 Å². The van der Waals surface area contributed by atoms with Crippen LogP contribution in [-0.4, -0.2) is 29.5 Å². The van der Waals surface area contributed by atoms with E-state index >= 15 is 0 Å². The minimum atomic E-state index is 0. The summed E-state index contributed by atoms with van der Waals surface area (Å²) in [5.74, 6) is 3.66. The van der Waals surface area contributed by atoms with Crippen LogP contribution in [0, 0.1) is 24.7 Å². The number of aryl methyl sites for hydroxylation is 1. The Morgan fingerprint density at radius 2 is 1.65 bits per heavy atom. The van der Waals surface area contributed by atoms with Crippen molar-refractivity contribution < 1.29 is 17.0 Å². The molecule has 3 heteroatoms. The number of anilines is 1. The highest BCUT2D eigenvalue weighted by molar-refractivity contribution is 5.81. The Morgan fingerprint density at radius 1 is 1.04 bits per heavy atom. The molecule has 6 rings (SSSR count). The summed E-state index contributed by atoms with van der Waals surface area (Å²) >= 11 is 0. The molecule has 0 amide bonds. The number of rotatable bonds is 3. The highest BCUT2D eigenvalue weighted by Crippen LogP contribution is 2.57. The van der Waals surface area contributed by atoms with Crippen LogP contribution in [0.15, 0.2) is 18.2 Å². The quantitative estimate of drug-likeness (QED) is 0.735. The number of nitrogens with zero attached hydrogens (tertiary/aromatic N) is 2. The van der Waals surface area contributed by atoms with Crippen molar-refractivity contribution in [3.63, 3.8) is 0 Å². The summed E-state index contributed by atoms with van der Waals surface area (Å²) in [7, 11) is 0. The summed E-state index contributed by atoms with van der Waals surface area (Å²) < 4.78 is 2.79. The maximum atomic E-state index is 2.79. The van der Waals surface area contributed by atoms with Crippen LogP contribution >= 0.6 is 0 Å². The Labute approximate surface area is 165 Å². The smallest absolute Gasteiger partial charge is 0.240 e. The zero-order chi connectivity index (χ0) is 17.2. The van der Waals surface area contributed by atoms with Gasteiger partial charge in [0.1, 0.15) is 24.3 Å². The van der Waals surface area contributed by atoms with Gasteiger partial charge in [-0.3, -0.25) is 4.58 Å². The molecule has 2 nitrogen and oxygen atoms in total. The topological polar surface area (TPSA) is 6.25 Å². The molecule has 4 bridgehead atoms. The van der Waals surface area contributed by atoms with Crippen LogP contribution in [0.4, 0.5) is 5.69 Å². The summed E-state index contributed by atoms with van der Waals surface area (Å²) in [5, 5.41) is 0. The van der Waals surface area contributed by atoms with Crippen molar-refractivity contribution in [3.8, 4) is 0 Å². The van der Waals surface area contributed by atoms with Crippen LogP contribution in [0.3, 0.4) is 0 Å². The van der Waals surface area contributed by atoms with Gasteiger partial charge in [0.05, 0.1) is 0 Å². The van der Waals surface area contributed by atoms with Gasteiger partial charge in [-0.1, -0.05) is 32.0 Å². The molecular weight excluding hydrogens is 340 g/mol. The van der Waals surface area contributed by atoms with Crippen LogP contribution in [0.1, 0.15) is 69.4 Å². The summed E-state index contributed by atoms with van der Waals surface area (Å²) in [6, 6.07) is 6.83. The lowest BCUT2D eigenvalue weighted by Crippen LogP contribution is -3.00. The van der Waals surface area contributed by atoms with Crippen LogP contribution in [-0.2, 0) is 0 Å². The Bertz CT molecular complexity index is 686. The Kier molecular flexibility index (Phi) is 4.62. The zero-order valence-electron chi connectivity index (χ0n) is 16.5. The molecule has 4 fully saturated rings. The van der Waals surface area contributed by atoms with Gasteiger partial charge in [-0.05, 0) is 74.7 Å². The number of hydrogen-bond acceptors (Lipinski definition) is 1. The second-order valence-electron chi connectivity index (χ2n) is 9.81. The fourth-order valence-corrected chi connectivity index (χ4v) is 6.98. The lowest BCUT2D eigenvalue weighted by molar-refractivity contribution is -0.614. The maximum Gasteiger partial charge on any atom is 0.240 e. The number of hydrogen-bond donors (Lipinski definition) is 0. The molecule has 4 saturated carbocycles. The van der Waals surface area contributed by atoms with Crippen molar-refractivity contribution in [1.29, 1.82) is 0 Å². The first-order valence-corrected chi connectivity index (χ1v) is 10.5. The van der Waals surface area contributed by atoms with Crippen LogP contribution in [0.5, 0.6) is 0 Å². The highest BCUT2D eigenvalue weighted by Gasteiger charge is 2.55. The minimum Gasteiger partial charge on any atom is -1.00 e. The van der Waals surface area contributed by atoms with Gasteiger partial charge in [-0.2, -0.15) is 0 Å². The fourth-order valence-electron chi connectivity index (χ4n) is 6.98. The van der Waals surface area contributed by atoms with Gasteiger partial charge in [-0.15, -0.1) is 0 Å². The minimum absolute atomic E-state index is 0. The van der Waals surface area contributed by atoms with E-state index in [2.05, 4.69) is 54.8 Å². The Hall–Kier alpha value is -1.02. The van der Waals surface area contributed by atoms with Crippen molar-refractivity contribution in [2.75, 3.05) is 18.0 Å². The van der Waals surface area contributed by atoms with Crippen molar-refractivity contribution in [3.05, 3.63) is 29.3 Å². The Balaban J connectivity index is 0.00000168. The third-order valence-corrected chi connectivity index (χ3v) is 7.65. The molecule has 1 heterocycles. The van der Waals surface area contributed by atoms with Crippen molar-refractivity contribution in [2.24, 2.45) is 17.8 Å². The zero-order valence-corrected chi connectivity index (χ0v) is 17.3. The van der Waals surface area contributed by atoms with Crippen molar-refractivity contribution in [1.82, 2.24) is 0 Å². The molecule has 1 aromatic rings. The Morgan fingerprint density at radius 3 is 2.23 bits per heavy atom. The molecule has 0 aromatic heterocycles. The number of halogens is 1. The maximum absolute atomic E-state index is 2.79. The monoisotopic (exact) mass is 372 g/mol. The summed E-state index contributed by atoms with van der Waals surface area (Å²) in [5.41, 5.74) is 4.91. The molecule has 0 radical (unpaired) electrons. The molecule has 1 aliphatic heterocycles. The van der Waals surface area contributed by atoms with E-state index in [1.807, 2.05) is 0 Å². The fraction of sp³-hybridized carbons (Fsp3) is 0.696. The molecule has 0 spiro atoms. The highest BCUT2D eigenvalue weighted by atomic mass is 35.5. The van der Waals surface area contributed by atoms with Gasteiger partial charge < -0.3 is 12.4 Å². The van der Waals surface area contributed by atoms with Gasteiger partial charge in [-0.25, -0.2) is 4.90 Å². The van der Waals surface area contributed by atoms with Gasteiger partial charge in [0.15, 0.2) is 0 Å². The lowest BCUT2D eigenvalue weighted by atomic mass is 9.53. The third kappa shape index (κ3) is 2.80. The first-order valence-electron chi connectivity index (χ1n) is 10.5. The second kappa shape index (κ2) is 6.55. The van der Waals surface area contributed by atoms with Crippen LogP contribution < -0.4 is 17.3 Å². The summed E-state index contributed by atoms with van der Waals surface area (Å²) in [4.78, 5) is 2.57. The average molecular weight is 373 g/mol. The first kappa shape index (κ1) is 18.3. The van der Waals surface area contributed by atoms with E-state index in [0.717, 1.165) is 24.3 Å². The van der Waals surface area contributed by atoms with E-state index in [-0.39, 0.29) is 12.4 Å². The van der Waals surface area contributed by atoms with E-state index in [0.29, 0.717) is 11.5 Å². The second-order valence-corrected chi connectivity index (χ2v) is 9.81. The molecule has 1 aromatic carbocycles. The van der Waals surface area contributed by atoms with E-state index in [4.69, 9.17) is 0 Å². The molecule has 5 aliphatic rings. The van der Waals surface area contributed by atoms with E-state index < -0.39 is 0 Å². The predicted octanol–water partition coefficient (Wildman–Crippen LogP) is 1.95. The van der Waals surface area contributed by atoms with Crippen molar-refractivity contribution >= 4 is 12.0 Å². The molecular formula is C23H33ClN2. The predicted molar refractivity (Wildman–Crippen MR) is 105 cm³/mol. The number of benzene rings is 1. The van der Waals surface area contributed by atoms with Crippen LogP contribution in [0.25, 0.3) is 0 Å². The van der Waals surface area contributed by atoms with Crippen LogP contribution in [0.2, 0.25) is 0 Å². The third-order valence-electron chi connectivity index (χ3n) is 7.65. The summed E-state index contributed by atoms with van der Waals surface area (Å²) in [6.07, 6.45) is 11.5. The molecule has 0 unspecified atom stereocenters. The molecule has 0 N–H and O–H groups in total. The summed E-state index contributed by atoms with van der Waals surface area (Å²) in [6.45, 7) is 9.31. The standard InChI is InChI=1S/C23H33N2.ClH/c1-16(2)21-6-4-5-17(3)22(21)24-7-8-25(15-24)23-12-18-9-19(13-23)11-20(10-18)14-23;/h4-6,15-16,18-20H,7-14H2,1-3H3;1H/q+1;/p-1. The SMILES string of the molecule is Cc1cccc(C(C)C)c1N1C=[N+](C23CC4CC(CC(C4)C2)C3)CC1.[Cl-]. The molecule has 0 atom stereocenters. The largest absolute Gasteiger partial charge is 1.00 e.